The van der Waals surface area contributed by atoms with Crippen molar-refractivity contribution < 1.29 is 18.5 Å². The van der Waals surface area contributed by atoms with Crippen molar-refractivity contribution in [3.8, 4) is 0 Å². The highest BCUT2D eigenvalue weighted by Crippen LogP contribution is 2.20. The van der Waals surface area contributed by atoms with Gasteiger partial charge in [-0.1, -0.05) is 0 Å². The van der Waals surface area contributed by atoms with E-state index in [1.54, 1.807) is 0 Å². The molecule has 5 nitrogen and oxygen atoms in total. The van der Waals surface area contributed by atoms with Crippen LogP contribution in [0.5, 0.6) is 0 Å². The number of carbonyl (C=O) groups excluding carboxylic acids is 1. The first-order chi connectivity index (χ1) is 6.43. The molecule has 0 bridgehead atoms. The predicted molar refractivity (Wildman–Crippen MR) is 41.5 cm³/mol. The van der Waals surface area contributed by atoms with Gasteiger partial charge in [0, 0.05) is 0 Å². The summed E-state index contributed by atoms with van der Waals surface area (Å²) in [5.41, 5.74) is 2.94. The van der Waals surface area contributed by atoms with Gasteiger partial charge in [-0.25, -0.2) is 4.39 Å². The Kier molecular flexibility index (Phi) is 2.41. The van der Waals surface area contributed by atoms with Crippen molar-refractivity contribution in [2.45, 2.75) is 0 Å². The maximum Gasteiger partial charge on any atom is 0.307 e. The van der Waals surface area contributed by atoms with Gasteiger partial charge in [-0.15, -0.1) is 0 Å². The van der Waals surface area contributed by atoms with Crippen LogP contribution in [0, 0.1) is 21.7 Å². The van der Waals surface area contributed by atoms with Crippen LogP contribution in [0.1, 0.15) is 10.4 Å². The molecule has 0 aliphatic rings. The van der Waals surface area contributed by atoms with Crippen LogP contribution in [-0.4, -0.2) is 10.8 Å². The van der Waals surface area contributed by atoms with E-state index in [-0.39, 0.29) is 0 Å². The minimum absolute atomic E-state index is 0.315. The number of nitrogens with two attached hydrogens (primary N) is 1. The van der Waals surface area contributed by atoms with Gasteiger partial charge >= 0.3 is 5.69 Å². The highest BCUT2D eigenvalue weighted by molar-refractivity contribution is 5.93. The Morgan fingerprint density at radius 2 is 1.93 bits per heavy atom. The van der Waals surface area contributed by atoms with Gasteiger partial charge in [0.15, 0.2) is 0 Å². The second kappa shape index (κ2) is 3.36. The lowest BCUT2D eigenvalue weighted by molar-refractivity contribution is -0.387. The van der Waals surface area contributed by atoms with Crippen molar-refractivity contribution in [1.29, 1.82) is 0 Å². The molecule has 14 heavy (non-hydrogen) atoms. The number of nitro benzene ring substituents is 1. The second-order valence-corrected chi connectivity index (χ2v) is 2.40. The molecule has 0 fully saturated rings. The molecule has 7 heteroatoms. The highest BCUT2D eigenvalue weighted by Gasteiger charge is 2.20. The molecule has 0 saturated carbocycles. The summed E-state index contributed by atoms with van der Waals surface area (Å²) in [4.78, 5) is 19.5. The molecule has 0 aliphatic carbocycles. The molecule has 0 spiro atoms. The van der Waals surface area contributed by atoms with E-state index in [1.807, 2.05) is 0 Å². The van der Waals surface area contributed by atoms with Crippen LogP contribution in [-0.2, 0) is 0 Å². The number of nitrogens with zero attached hydrogens (tertiary/aromatic N) is 1. The summed E-state index contributed by atoms with van der Waals surface area (Å²) in [6.45, 7) is 0. The van der Waals surface area contributed by atoms with Gasteiger partial charge in [0.25, 0.3) is 5.91 Å². The van der Waals surface area contributed by atoms with Gasteiger partial charge in [-0.2, -0.15) is 4.39 Å². The molecule has 0 heterocycles. The smallest absolute Gasteiger partial charge is 0.307 e. The average molecular weight is 202 g/mol. The standard InChI is InChI=1S/C7H4F2N2O3/c8-4-2-6(11(13)14)5(9)1-3(4)7(10)12/h1-2H,(H2,10,12). The van der Waals surface area contributed by atoms with Crippen molar-refractivity contribution in [3.63, 3.8) is 0 Å². The Balaban J connectivity index is 3.38. The molecule has 2 N–H and O–H groups in total. The van der Waals surface area contributed by atoms with Gasteiger partial charge in [-0.05, 0) is 6.07 Å². The Labute approximate surface area is 76.3 Å². The summed E-state index contributed by atoms with van der Waals surface area (Å²) >= 11 is 0. The van der Waals surface area contributed by atoms with E-state index in [9.17, 15) is 23.7 Å². The lowest BCUT2D eigenvalue weighted by atomic mass is 10.2. The molecule has 0 atom stereocenters. The molecule has 1 rings (SSSR count). The van der Waals surface area contributed by atoms with Crippen molar-refractivity contribution in [2.75, 3.05) is 0 Å². The average Bonchev–Trinajstić information content (AvgIpc) is 2.07. The first kappa shape index (κ1) is 10.0. The van der Waals surface area contributed by atoms with E-state index in [4.69, 9.17) is 5.73 Å². The van der Waals surface area contributed by atoms with Crippen LogP contribution < -0.4 is 5.73 Å². The fourth-order valence-corrected chi connectivity index (χ4v) is 0.865. The first-order valence-electron chi connectivity index (χ1n) is 3.36. The Bertz CT molecular complexity index is 380. The number of benzene rings is 1. The molecule has 74 valence electrons. The van der Waals surface area contributed by atoms with E-state index in [2.05, 4.69) is 0 Å². The number of hydrogen-bond acceptors (Lipinski definition) is 3. The van der Waals surface area contributed by atoms with Gasteiger partial charge in [0.2, 0.25) is 5.82 Å². The summed E-state index contributed by atoms with van der Waals surface area (Å²) in [6.07, 6.45) is 0. The zero-order valence-electron chi connectivity index (χ0n) is 6.66. The summed E-state index contributed by atoms with van der Waals surface area (Å²) < 4.78 is 25.7. The van der Waals surface area contributed by atoms with Crippen LogP contribution in [0.15, 0.2) is 12.1 Å². The summed E-state index contributed by atoms with van der Waals surface area (Å²) in [5, 5.41) is 10.1. The number of hydrogen-bond donors (Lipinski definition) is 1. The highest BCUT2D eigenvalue weighted by atomic mass is 19.1. The number of halogens is 2. The fraction of sp³-hybridized carbons (Fsp3) is 0. The molecule has 0 radical (unpaired) electrons. The second-order valence-electron chi connectivity index (χ2n) is 2.40. The molecule has 1 amide bonds. The first-order valence-corrected chi connectivity index (χ1v) is 3.36. The maximum atomic E-state index is 12.9. The molecule has 0 aromatic heterocycles. The largest absolute Gasteiger partial charge is 0.366 e. The van der Waals surface area contributed by atoms with Crippen molar-refractivity contribution in [3.05, 3.63) is 39.4 Å². The molecule has 1 aromatic rings. The monoisotopic (exact) mass is 202 g/mol. The number of nitro groups is 1. The zero-order valence-corrected chi connectivity index (χ0v) is 6.66. The lowest BCUT2D eigenvalue weighted by Gasteiger charge is -1.98. The Hall–Kier alpha value is -2.05. The molecular formula is C7H4F2N2O3. The number of amides is 1. The van der Waals surface area contributed by atoms with E-state index in [1.165, 1.54) is 0 Å². The van der Waals surface area contributed by atoms with E-state index in [0.717, 1.165) is 0 Å². The minimum Gasteiger partial charge on any atom is -0.366 e. The molecule has 0 saturated heterocycles. The molecule has 0 unspecified atom stereocenters. The normalized spacial score (nSPS) is 9.86. The predicted octanol–water partition coefficient (Wildman–Crippen LogP) is 0.972. The van der Waals surface area contributed by atoms with E-state index in [0.29, 0.717) is 12.1 Å². The maximum absolute atomic E-state index is 12.9. The Morgan fingerprint density at radius 1 is 1.36 bits per heavy atom. The van der Waals surface area contributed by atoms with Crippen molar-refractivity contribution in [1.82, 2.24) is 0 Å². The summed E-state index contributed by atoms with van der Waals surface area (Å²) in [5.74, 6) is -3.70. The zero-order chi connectivity index (χ0) is 10.9. The third-order valence-electron chi connectivity index (χ3n) is 1.50. The minimum atomic E-state index is -1.30. The van der Waals surface area contributed by atoms with Gasteiger partial charge < -0.3 is 5.73 Å². The van der Waals surface area contributed by atoms with Gasteiger partial charge in [0.05, 0.1) is 16.6 Å². The van der Waals surface area contributed by atoms with Crippen LogP contribution in [0.3, 0.4) is 0 Å². The van der Waals surface area contributed by atoms with Crippen molar-refractivity contribution in [2.24, 2.45) is 5.73 Å². The third-order valence-corrected chi connectivity index (χ3v) is 1.50. The van der Waals surface area contributed by atoms with Crippen LogP contribution in [0.25, 0.3) is 0 Å². The van der Waals surface area contributed by atoms with Crippen LogP contribution in [0.2, 0.25) is 0 Å². The number of rotatable bonds is 2. The molecular weight excluding hydrogens is 198 g/mol. The van der Waals surface area contributed by atoms with Crippen LogP contribution >= 0.6 is 0 Å². The van der Waals surface area contributed by atoms with Gasteiger partial charge in [0.1, 0.15) is 5.82 Å². The quantitative estimate of drug-likeness (QED) is 0.572. The van der Waals surface area contributed by atoms with Crippen molar-refractivity contribution >= 4 is 11.6 Å². The van der Waals surface area contributed by atoms with E-state index < -0.39 is 33.7 Å². The number of carbonyl (C=O) groups is 1. The summed E-state index contributed by atoms with van der Waals surface area (Å²) in [6, 6.07) is 0.714. The van der Waals surface area contributed by atoms with Crippen LogP contribution in [0.4, 0.5) is 14.5 Å². The Morgan fingerprint density at radius 3 is 2.36 bits per heavy atom. The summed E-state index contributed by atoms with van der Waals surface area (Å²) in [7, 11) is 0. The van der Waals surface area contributed by atoms with Gasteiger partial charge in [-0.3, -0.25) is 14.9 Å². The third kappa shape index (κ3) is 1.65. The molecule has 0 aliphatic heterocycles. The fourth-order valence-electron chi connectivity index (χ4n) is 0.865. The van der Waals surface area contributed by atoms with E-state index >= 15 is 0 Å². The molecule has 1 aromatic carbocycles. The lowest BCUT2D eigenvalue weighted by Crippen LogP contribution is -2.14. The SMILES string of the molecule is NC(=O)c1cc(F)c([N+](=O)[O-])cc1F. The number of primary amides is 1. The topological polar surface area (TPSA) is 86.2 Å².